The molecule has 2 aromatic carbocycles. The molecule has 1 aromatic heterocycles. The van der Waals surface area contributed by atoms with Gasteiger partial charge in [-0.05, 0) is 54.4 Å². The second-order valence-electron chi connectivity index (χ2n) is 7.35. The van der Waals surface area contributed by atoms with Gasteiger partial charge in [0.2, 0.25) is 5.91 Å². The van der Waals surface area contributed by atoms with Crippen LogP contribution in [-0.4, -0.2) is 43.8 Å². The van der Waals surface area contributed by atoms with E-state index in [1.165, 1.54) is 30.5 Å². The molecule has 0 bridgehead atoms. The minimum absolute atomic E-state index is 0.147. The van der Waals surface area contributed by atoms with Gasteiger partial charge in [-0.3, -0.25) is 4.79 Å². The van der Waals surface area contributed by atoms with E-state index in [2.05, 4.69) is 15.0 Å². The van der Waals surface area contributed by atoms with E-state index in [9.17, 15) is 17.6 Å². The van der Waals surface area contributed by atoms with Gasteiger partial charge in [0.1, 0.15) is 22.6 Å². The number of anilines is 1. The summed E-state index contributed by atoms with van der Waals surface area (Å²) in [5.41, 5.74) is 1.18. The molecule has 1 fully saturated rings. The average molecular weight is 511 g/mol. The number of halogens is 2. The fourth-order valence-corrected chi connectivity index (χ4v) is 5.90. The number of thiazole rings is 1. The Morgan fingerprint density at radius 2 is 2.03 bits per heavy atom. The van der Waals surface area contributed by atoms with Gasteiger partial charge in [0.05, 0.1) is 23.1 Å². The van der Waals surface area contributed by atoms with Crippen molar-refractivity contribution in [2.45, 2.75) is 18.5 Å². The summed E-state index contributed by atoms with van der Waals surface area (Å²) in [6.45, 7) is 0. The number of aromatic nitrogens is 1. The number of benzene rings is 2. The number of nitrogens with zero attached hydrogens (tertiary/aromatic N) is 2. The molecule has 0 radical (unpaired) electrons. The Balaban J connectivity index is 1.55. The molecule has 4 rings (SSSR count). The van der Waals surface area contributed by atoms with Gasteiger partial charge in [-0.1, -0.05) is 11.6 Å². The Morgan fingerprint density at radius 3 is 2.70 bits per heavy atom. The first-order valence-corrected chi connectivity index (χ1v) is 12.4. The number of ether oxygens (including phenoxy) is 1. The van der Waals surface area contributed by atoms with Crippen molar-refractivity contribution in [3.8, 4) is 16.2 Å². The van der Waals surface area contributed by atoms with Gasteiger partial charge in [-0.15, -0.1) is 11.3 Å². The molecule has 1 aliphatic rings. The number of carbonyl (C=O) groups is 1. The summed E-state index contributed by atoms with van der Waals surface area (Å²) in [7, 11) is -1.03. The molecule has 12 heteroatoms. The van der Waals surface area contributed by atoms with Crippen LogP contribution in [0.25, 0.3) is 10.4 Å². The highest BCUT2D eigenvalue weighted by atomic mass is 35.5. The van der Waals surface area contributed by atoms with E-state index in [4.69, 9.17) is 16.3 Å². The van der Waals surface area contributed by atoms with Gasteiger partial charge in [-0.25, -0.2) is 9.37 Å². The maximum atomic E-state index is 13.4. The molecule has 1 aliphatic heterocycles. The predicted molar refractivity (Wildman–Crippen MR) is 125 cm³/mol. The number of carbonyl (C=O) groups excluding carboxylic acids is 1. The second kappa shape index (κ2) is 9.35. The maximum Gasteiger partial charge on any atom is 0.280 e. The van der Waals surface area contributed by atoms with E-state index in [1.807, 2.05) is 24.3 Å². The van der Waals surface area contributed by atoms with Crippen LogP contribution in [0.1, 0.15) is 17.5 Å². The predicted octanol–water partition coefficient (Wildman–Crippen LogP) is 3.83. The summed E-state index contributed by atoms with van der Waals surface area (Å²) in [5, 5.41) is 3.00. The van der Waals surface area contributed by atoms with Crippen LogP contribution >= 0.6 is 22.9 Å². The number of nitrogens with one attached hydrogen (secondary N) is 2. The third-order valence-corrected chi connectivity index (χ3v) is 8.30. The van der Waals surface area contributed by atoms with Gasteiger partial charge < -0.3 is 10.1 Å². The van der Waals surface area contributed by atoms with E-state index in [-0.39, 0.29) is 17.1 Å². The summed E-state index contributed by atoms with van der Waals surface area (Å²) < 4.78 is 47.5. The molecule has 0 saturated carbocycles. The van der Waals surface area contributed by atoms with E-state index in [0.29, 0.717) is 5.01 Å². The highest BCUT2D eigenvalue weighted by Crippen LogP contribution is 2.35. The van der Waals surface area contributed by atoms with Crippen molar-refractivity contribution in [3.05, 3.63) is 64.5 Å². The van der Waals surface area contributed by atoms with E-state index in [1.54, 1.807) is 13.3 Å². The second-order valence-corrected chi connectivity index (χ2v) is 10.6. The summed E-state index contributed by atoms with van der Waals surface area (Å²) in [6.07, 6.45) is 1.83. The molecular weight excluding hydrogens is 491 g/mol. The number of amides is 1. The molecule has 1 saturated heterocycles. The van der Waals surface area contributed by atoms with Crippen LogP contribution in [-0.2, 0) is 15.0 Å². The van der Waals surface area contributed by atoms with E-state index >= 15 is 0 Å². The van der Waals surface area contributed by atoms with Gasteiger partial charge in [0, 0.05) is 18.9 Å². The third kappa shape index (κ3) is 5.02. The lowest BCUT2D eigenvalue weighted by Gasteiger charge is -2.35. The highest BCUT2D eigenvalue weighted by molar-refractivity contribution is 7.87. The average Bonchev–Trinajstić information content (AvgIpc) is 3.28. The quantitative estimate of drug-likeness (QED) is 0.543. The molecule has 2 N–H and O–H groups in total. The highest BCUT2D eigenvalue weighted by Gasteiger charge is 2.41. The molecule has 3 aromatic rings. The van der Waals surface area contributed by atoms with Crippen molar-refractivity contribution < 1.29 is 22.3 Å². The first-order valence-electron chi connectivity index (χ1n) is 9.79. The largest absolute Gasteiger partial charge is 0.497 e. The van der Waals surface area contributed by atoms with Gasteiger partial charge in [0.15, 0.2) is 0 Å². The molecule has 33 heavy (non-hydrogen) atoms. The minimum atomic E-state index is -3.94. The number of hydrogen-bond donors (Lipinski definition) is 2. The topological polar surface area (TPSA) is 101 Å². The maximum absolute atomic E-state index is 13.4. The molecular formula is C21H20ClFN4O4S2. The molecule has 0 unspecified atom stereocenters. The summed E-state index contributed by atoms with van der Waals surface area (Å²) in [5.74, 6) is -0.447. The lowest BCUT2D eigenvalue weighted by atomic mass is 10.1. The van der Waals surface area contributed by atoms with Gasteiger partial charge >= 0.3 is 0 Å². The lowest BCUT2D eigenvalue weighted by molar-refractivity contribution is -0.120. The van der Waals surface area contributed by atoms with Crippen LogP contribution in [0.15, 0.2) is 48.7 Å². The molecule has 2 atom stereocenters. The standard InChI is InChI=1S/C21H20ClFN4O4S2/c1-27-18(20(28)25-13-5-8-16(23)15(22)9-13)10-17(26-33(27,29)30)21-24-11-19(32-21)12-3-6-14(31-2)7-4-12/h3-9,11,17-18,26H,10H2,1-2H3,(H,25,28)/t17-,18+/m0/s1. The Bertz CT molecular complexity index is 1280. The first kappa shape index (κ1) is 23.6. The van der Waals surface area contributed by atoms with Crippen LogP contribution in [0, 0.1) is 5.82 Å². The zero-order chi connectivity index (χ0) is 23.8. The SMILES string of the molecule is COc1ccc(-c2cnc([C@@H]3C[C@H](C(=O)Nc4ccc(F)c(Cl)c4)N(C)S(=O)(=O)N3)s2)cc1. The van der Waals surface area contributed by atoms with Crippen LogP contribution < -0.4 is 14.8 Å². The number of likely N-dealkylation sites (N-methyl/N-ethyl adjacent to an activating group) is 1. The van der Waals surface area contributed by atoms with Crippen molar-refractivity contribution >= 4 is 44.7 Å². The summed E-state index contributed by atoms with van der Waals surface area (Å²) >= 11 is 7.11. The smallest absolute Gasteiger partial charge is 0.280 e. The van der Waals surface area contributed by atoms with E-state index < -0.39 is 34.0 Å². The van der Waals surface area contributed by atoms with Crippen LogP contribution in [0.2, 0.25) is 5.02 Å². The summed E-state index contributed by atoms with van der Waals surface area (Å²) in [6, 6.07) is 9.49. The fraction of sp³-hybridized carbons (Fsp3) is 0.238. The monoisotopic (exact) mass is 510 g/mol. The number of methoxy groups -OCH3 is 1. The lowest BCUT2D eigenvalue weighted by Crippen LogP contribution is -2.55. The Labute approximate surface area is 199 Å². The van der Waals surface area contributed by atoms with Crippen molar-refractivity contribution in [1.82, 2.24) is 14.0 Å². The molecule has 0 spiro atoms. The molecule has 2 heterocycles. The van der Waals surface area contributed by atoms with Crippen LogP contribution in [0.3, 0.4) is 0 Å². The van der Waals surface area contributed by atoms with E-state index in [0.717, 1.165) is 26.6 Å². The van der Waals surface area contributed by atoms with Gasteiger partial charge in [-0.2, -0.15) is 17.4 Å². The van der Waals surface area contributed by atoms with Crippen molar-refractivity contribution in [2.75, 3.05) is 19.5 Å². The normalized spacial score (nSPS) is 20.4. The van der Waals surface area contributed by atoms with Gasteiger partial charge in [0.25, 0.3) is 10.2 Å². The van der Waals surface area contributed by atoms with Crippen molar-refractivity contribution in [3.63, 3.8) is 0 Å². The molecule has 174 valence electrons. The Morgan fingerprint density at radius 1 is 1.30 bits per heavy atom. The number of hydrogen-bond acceptors (Lipinski definition) is 6. The minimum Gasteiger partial charge on any atom is -0.497 e. The first-order chi connectivity index (χ1) is 15.7. The van der Waals surface area contributed by atoms with Crippen molar-refractivity contribution in [2.24, 2.45) is 0 Å². The van der Waals surface area contributed by atoms with Crippen LogP contribution in [0.5, 0.6) is 5.75 Å². The van der Waals surface area contributed by atoms with Crippen LogP contribution in [0.4, 0.5) is 10.1 Å². The fourth-order valence-electron chi connectivity index (χ4n) is 3.41. The molecule has 8 nitrogen and oxygen atoms in total. The third-order valence-electron chi connectivity index (χ3n) is 5.25. The molecule has 0 aliphatic carbocycles. The zero-order valence-electron chi connectivity index (χ0n) is 17.6. The van der Waals surface area contributed by atoms with Crippen molar-refractivity contribution in [1.29, 1.82) is 0 Å². The Hall–Kier alpha value is -2.57. The zero-order valence-corrected chi connectivity index (χ0v) is 20.0. The summed E-state index contributed by atoms with van der Waals surface area (Å²) in [4.78, 5) is 18.2. The molecule has 1 amide bonds. The number of rotatable bonds is 5. The Kier molecular flexibility index (Phi) is 6.68.